The molecule has 1 aliphatic heterocycles. The number of amides is 1. The summed E-state index contributed by atoms with van der Waals surface area (Å²) in [7, 11) is -3.80. The minimum absolute atomic E-state index is 0.0995. The van der Waals surface area contributed by atoms with Crippen LogP contribution in [0.4, 0.5) is 5.69 Å². The summed E-state index contributed by atoms with van der Waals surface area (Å²) in [4.78, 5) is 14.5. The van der Waals surface area contributed by atoms with Crippen LogP contribution in [-0.4, -0.2) is 33.5 Å². The van der Waals surface area contributed by atoms with Crippen molar-refractivity contribution < 1.29 is 17.9 Å². The van der Waals surface area contributed by atoms with E-state index < -0.39 is 16.1 Å². The second kappa shape index (κ2) is 7.47. The maximum absolute atomic E-state index is 12.7. The molecule has 0 spiro atoms. The van der Waals surface area contributed by atoms with Gasteiger partial charge in [-0.05, 0) is 56.2 Å². The van der Waals surface area contributed by atoms with Gasteiger partial charge < -0.3 is 9.64 Å². The average molecular weight is 374 g/mol. The van der Waals surface area contributed by atoms with Crippen LogP contribution in [0.5, 0.6) is 5.75 Å². The number of nitrogens with zero attached hydrogens (tertiary/aromatic N) is 1. The van der Waals surface area contributed by atoms with Gasteiger partial charge in [0.2, 0.25) is 15.9 Å². The molecule has 26 heavy (non-hydrogen) atoms. The van der Waals surface area contributed by atoms with Gasteiger partial charge in [0.15, 0.2) is 0 Å². The molecule has 0 fully saturated rings. The Morgan fingerprint density at radius 1 is 1.19 bits per heavy atom. The lowest BCUT2D eigenvalue weighted by Gasteiger charge is -2.22. The smallest absolute Gasteiger partial charge is 0.244 e. The van der Waals surface area contributed by atoms with Crippen molar-refractivity contribution in [3.05, 3.63) is 54.1 Å². The van der Waals surface area contributed by atoms with Gasteiger partial charge in [0, 0.05) is 12.2 Å². The SMILES string of the molecule is CCOc1ccc(S(=O)(=O)N[C@@H](C)C(=O)N2CCc3ccccc32)cc1. The monoisotopic (exact) mass is 374 g/mol. The molecule has 2 aromatic rings. The second-order valence-corrected chi connectivity index (χ2v) is 7.83. The Bertz CT molecular complexity index is 894. The summed E-state index contributed by atoms with van der Waals surface area (Å²) in [5.41, 5.74) is 1.95. The number of anilines is 1. The van der Waals surface area contributed by atoms with Gasteiger partial charge in [0.05, 0.1) is 17.5 Å². The summed E-state index contributed by atoms with van der Waals surface area (Å²) >= 11 is 0. The number of hydrogen-bond donors (Lipinski definition) is 1. The lowest BCUT2D eigenvalue weighted by atomic mass is 10.2. The third-order valence-corrected chi connectivity index (χ3v) is 5.86. The van der Waals surface area contributed by atoms with Crippen molar-refractivity contribution in [3.8, 4) is 5.75 Å². The maximum Gasteiger partial charge on any atom is 0.244 e. The van der Waals surface area contributed by atoms with Gasteiger partial charge in [0.1, 0.15) is 5.75 Å². The molecule has 6 nitrogen and oxygen atoms in total. The summed E-state index contributed by atoms with van der Waals surface area (Å²) in [5.74, 6) is 0.341. The standard InChI is InChI=1S/C19H22N2O4S/c1-3-25-16-8-10-17(11-9-16)26(23,24)20-14(2)19(22)21-13-12-15-6-4-5-7-18(15)21/h4-11,14,20H,3,12-13H2,1-2H3/t14-/m0/s1. The minimum atomic E-state index is -3.80. The van der Waals surface area contributed by atoms with E-state index in [9.17, 15) is 13.2 Å². The zero-order valence-electron chi connectivity index (χ0n) is 14.8. The maximum atomic E-state index is 12.7. The first kappa shape index (κ1) is 18.4. The topological polar surface area (TPSA) is 75.7 Å². The summed E-state index contributed by atoms with van der Waals surface area (Å²) in [6, 6.07) is 12.9. The summed E-state index contributed by atoms with van der Waals surface area (Å²) in [6.45, 7) is 4.49. The van der Waals surface area contributed by atoms with Crippen molar-refractivity contribution >= 4 is 21.6 Å². The van der Waals surface area contributed by atoms with Crippen LogP contribution >= 0.6 is 0 Å². The molecule has 7 heteroatoms. The predicted molar refractivity (Wildman–Crippen MR) is 99.9 cm³/mol. The Balaban J connectivity index is 1.72. The lowest BCUT2D eigenvalue weighted by Crippen LogP contribution is -2.46. The molecule has 0 unspecified atom stereocenters. The molecule has 138 valence electrons. The van der Waals surface area contributed by atoms with E-state index in [0.29, 0.717) is 18.9 Å². The first-order valence-corrected chi connectivity index (χ1v) is 10.0. The number of carbonyl (C=O) groups is 1. The van der Waals surface area contributed by atoms with Gasteiger partial charge in [-0.1, -0.05) is 18.2 Å². The molecule has 1 heterocycles. The van der Waals surface area contributed by atoms with Crippen molar-refractivity contribution in [2.24, 2.45) is 0 Å². The van der Waals surface area contributed by atoms with Crippen molar-refractivity contribution in [3.63, 3.8) is 0 Å². The van der Waals surface area contributed by atoms with Crippen LogP contribution in [0.2, 0.25) is 0 Å². The van der Waals surface area contributed by atoms with E-state index in [0.717, 1.165) is 17.7 Å². The Morgan fingerprint density at radius 3 is 2.58 bits per heavy atom. The van der Waals surface area contributed by atoms with E-state index in [4.69, 9.17) is 4.74 Å². The van der Waals surface area contributed by atoms with E-state index in [-0.39, 0.29) is 10.8 Å². The first-order valence-electron chi connectivity index (χ1n) is 8.57. The zero-order chi connectivity index (χ0) is 18.7. The molecule has 0 aromatic heterocycles. The Labute approximate surface area is 153 Å². The van der Waals surface area contributed by atoms with E-state index >= 15 is 0 Å². The molecule has 2 aromatic carbocycles. The number of fused-ring (bicyclic) bond motifs is 1. The molecular formula is C19H22N2O4S. The van der Waals surface area contributed by atoms with Crippen LogP contribution in [0, 0.1) is 0 Å². The quantitative estimate of drug-likeness (QED) is 0.842. The van der Waals surface area contributed by atoms with Crippen molar-refractivity contribution in [1.82, 2.24) is 4.72 Å². The summed E-state index contributed by atoms with van der Waals surface area (Å²) in [5, 5.41) is 0. The fourth-order valence-electron chi connectivity index (χ4n) is 3.03. The van der Waals surface area contributed by atoms with Gasteiger partial charge in [-0.2, -0.15) is 4.72 Å². The Hall–Kier alpha value is -2.38. The molecule has 1 N–H and O–H groups in total. The molecule has 0 saturated heterocycles. The van der Waals surface area contributed by atoms with Crippen LogP contribution in [0.3, 0.4) is 0 Å². The van der Waals surface area contributed by atoms with Crippen molar-refractivity contribution in [2.45, 2.75) is 31.2 Å². The number of carbonyl (C=O) groups excluding carboxylic acids is 1. The van der Waals surface area contributed by atoms with E-state index in [1.807, 2.05) is 31.2 Å². The van der Waals surface area contributed by atoms with E-state index in [1.165, 1.54) is 12.1 Å². The number of para-hydroxylation sites is 1. The number of rotatable bonds is 6. The Kier molecular flexibility index (Phi) is 5.29. The molecule has 3 rings (SSSR count). The minimum Gasteiger partial charge on any atom is -0.494 e. The normalized spacial score (nSPS) is 14.8. The number of hydrogen-bond acceptors (Lipinski definition) is 4. The van der Waals surface area contributed by atoms with Gasteiger partial charge in [-0.3, -0.25) is 4.79 Å². The van der Waals surface area contributed by atoms with Crippen LogP contribution in [0.15, 0.2) is 53.4 Å². The molecule has 1 aliphatic rings. The molecular weight excluding hydrogens is 352 g/mol. The van der Waals surface area contributed by atoms with Crippen LogP contribution in [-0.2, 0) is 21.2 Å². The van der Waals surface area contributed by atoms with Crippen molar-refractivity contribution in [2.75, 3.05) is 18.1 Å². The Morgan fingerprint density at radius 2 is 1.88 bits per heavy atom. The third-order valence-electron chi connectivity index (χ3n) is 4.30. The molecule has 1 amide bonds. The molecule has 0 aliphatic carbocycles. The van der Waals surface area contributed by atoms with Gasteiger partial charge in [-0.25, -0.2) is 8.42 Å². The molecule has 0 radical (unpaired) electrons. The average Bonchev–Trinajstić information content (AvgIpc) is 3.05. The zero-order valence-corrected chi connectivity index (χ0v) is 15.6. The van der Waals surface area contributed by atoms with Crippen LogP contribution in [0.25, 0.3) is 0 Å². The highest BCUT2D eigenvalue weighted by Gasteiger charge is 2.30. The largest absolute Gasteiger partial charge is 0.494 e. The second-order valence-electron chi connectivity index (χ2n) is 6.12. The van der Waals surface area contributed by atoms with E-state index in [2.05, 4.69) is 4.72 Å². The number of nitrogens with one attached hydrogen (secondary N) is 1. The first-order chi connectivity index (χ1) is 12.4. The van der Waals surface area contributed by atoms with Gasteiger partial charge >= 0.3 is 0 Å². The van der Waals surface area contributed by atoms with Gasteiger partial charge in [0.25, 0.3) is 0 Å². The highest BCUT2D eigenvalue weighted by atomic mass is 32.2. The number of benzene rings is 2. The fraction of sp³-hybridized carbons (Fsp3) is 0.316. The van der Waals surface area contributed by atoms with Crippen molar-refractivity contribution in [1.29, 1.82) is 0 Å². The van der Waals surface area contributed by atoms with Gasteiger partial charge in [-0.15, -0.1) is 0 Å². The van der Waals surface area contributed by atoms with Crippen LogP contribution in [0.1, 0.15) is 19.4 Å². The molecule has 0 bridgehead atoms. The predicted octanol–water partition coefficient (Wildman–Crippen LogP) is 2.34. The highest BCUT2D eigenvalue weighted by Crippen LogP contribution is 2.28. The van der Waals surface area contributed by atoms with E-state index in [1.54, 1.807) is 24.0 Å². The summed E-state index contributed by atoms with van der Waals surface area (Å²) in [6.07, 6.45) is 0.778. The molecule has 0 saturated carbocycles. The number of sulfonamides is 1. The van der Waals surface area contributed by atoms with Crippen LogP contribution < -0.4 is 14.4 Å². The third kappa shape index (κ3) is 3.73. The lowest BCUT2D eigenvalue weighted by molar-refractivity contribution is -0.119. The fourth-order valence-corrected chi connectivity index (χ4v) is 4.23. The summed E-state index contributed by atoms with van der Waals surface area (Å²) < 4.78 is 32.9. The molecule has 1 atom stereocenters. The highest BCUT2D eigenvalue weighted by molar-refractivity contribution is 7.89. The number of ether oxygens (including phenoxy) is 1.